The quantitative estimate of drug-likeness (QED) is 0.855. The van der Waals surface area contributed by atoms with Crippen molar-refractivity contribution in [1.82, 2.24) is 10.3 Å². The average molecular weight is 357 g/mol. The van der Waals surface area contributed by atoms with E-state index in [1.54, 1.807) is 23.9 Å². The summed E-state index contributed by atoms with van der Waals surface area (Å²) in [6, 6.07) is 12.3. The Hall–Kier alpha value is -2.10. The number of hydrogen-bond acceptors (Lipinski definition) is 5. The van der Waals surface area contributed by atoms with Crippen LogP contribution < -0.4 is 10.1 Å². The number of aromatic nitrogens is 1. The Bertz CT molecular complexity index is 757. The lowest BCUT2D eigenvalue weighted by atomic mass is 10.1. The molecule has 0 amide bonds. The first-order valence-electron chi connectivity index (χ1n) is 8.34. The Morgan fingerprint density at radius 1 is 1.24 bits per heavy atom. The highest BCUT2D eigenvalue weighted by molar-refractivity contribution is 7.97. The maximum absolute atomic E-state index is 13.9. The Kier molecular flexibility index (Phi) is 6.26. The van der Waals surface area contributed by atoms with Crippen molar-refractivity contribution in [3.05, 3.63) is 59.0 Å². The zero-order valence-corrected chi connectivity index (χ0v) is 14.7. The third-order valence-corrected chi connectivity index (χ3v) is 5.06. The van der Waals surface area contributed by atoms with Crippen LogP contribution in [0.25, 0.3) is 0 Å². The first kappa shape index (κ1) is 17.7. The molecule has 0 radical (unpaired) electrons. The summed E-state index contributed by atoms with van der Waals surface area (Å²) >= 11 is 1.59. The number of nitrogens with zero attached hydrogens (tertiary/aromatic N) is 2. The summed E-state index contributed by atoms with van der Waals surface area (Å²) in [6.45, 7) is 1.97. The summed E-state index contributed by atoms with van der Waals surface area (Å²) in [5, 5.41) is 12.1. The number of nitriles is 1. The van der Waals surface area contributed by atoms with Gasteiger partial charge in [-0.1, -0.05) is 12.1 Å². The number of rotatable bonds is 6. The van der Waals surface area contributed by atoms with Crippen molar-refractivity contribution in [1.29, 1.82) is 5.26 Å². The third kappa shape index (κ3) is 5.18. The van der Waals surface area contributed by atoms with Crippen LogP contribution in [0.1, 0.15) is 29.7 Å². The Morgan fingerprint density at radius 3 is 2.84 bits per heavy atom. The van der Waals surface area contributed by atoms with Crippen molar-refractivity contribution in [2.24, 2.45) is 0 Å². The van der Waals surface area contributed by atoms with Gasteiger partial charge in [0.15, 0.2) is 0 Å². The number of nitrogens with one attached hydrogen (secondary N) is 1. The molecule has 1 saturated heterocycles. The van der Waals surface area contributed by atoms with Crippen LogP contribution in [0.3, 0.4) is 0 Å². The molecule has 0 spiro atoms. The van der Waals surface area contributed by atoms with Gasteiger partial charge in [0.05, 0.1) is 17.3 Å². The molecule has 4 nitrogen and oxygen atoms in total. The lowest BCUT2D eigenvalue weighted by Gasteiger charge is -2.23. The smallest absolute Gasteiger partial charge is 0.213 e. The molecule has 1 fully saturated rings. The summed E-state index contributed by atoms with van der Waals surface area (Å²) in [5.74, 6) is 1.55. The van der Waals surface area contributed by atoms with E-state index in [1.807, 2.05) is 24.3 Å². The van der Waals surface area contributed by atoms with Gasteiger partial charge in [-0.2, -0.15) is 17.0 Å². The summed E-state index contributed by atoms with van der Waals surface area (Å²) in [6.07, 6.45) is 2.22. The van der Waals surface area contributed by atoms with Gasteiger partial charge in [0.2, 0.25) is 5.88 Å². The van der Waals surface area contributed by atoms with E-state index in [9.17, 15) is 4.39 Å². The van der Waals surface area contributed by atoms with Crippen molar-refractivity contribution in [3.63, 3.8) is 0 Å². The first-order chi connectivity index (χ1) is 12.2. The van der Waals surface area contributed by atoms with Gasteiger partial charge in [0.25, 0.3) is 0 Å². The van der Waals surface area contributed by atoms with E-state index in [4.69, 9.17) is 10.00 Å². The van der Waals surface area contributed by atoms with E-state index in [0.29, 0.717) is 28.5 Å². The normalized spacial score (nSPS) is 14.9. The van der Waals surface area contributed by atoms with E-state index < -0.39 is 0 Å². The second kappa shape index (κ2) is 8.84. The van der Waals surface area contributed by atoms with Crippen molar-refractivity contribution >= 4 is 11.8 Å². The molecule has 0 bridgehead atoms. The number of halogens is 1. The lowest BCUT2D eigenvalue weighted by molar-refractivity contribution is 0.155. The lowest BCUT2D eigenvalue weighted by Crippen LogP contribution is -2.34. The molecule has 0 atom stereocenters. The van der Waals surface area contributed by atoms with Gasteiger partial charge < -0.3 is 10.1 Å². The van der Waals surface area contributed by atoms with Crippen molar-refractivity contribution in [2.45, 2.75) is 30.5 Å². The van der Waals surface area contributed by atoms with Crippen LogP contribution in [0.5, 0.6) is 5.88 Å². The summed E-state index contributed by atoms with van der Waals surface area (Å²) in [5.41, 5.74) is 1.87. The fraction of sp³-hybridized carbons (Fsp3) is 0.368. The fourth-order valence-corrected chi connectivity index (χ4v) is 3.61. The second-order valence-electron chi connectivity index (χ2n) is 5.95. The largest absolute Gasteiger partial charge is 0.474 e. The van der Waals surface area contributed by atoms with Gasteiger partial charge in [0.1, 0.15) is 11.9 Å². The molecule has 0 saturated carbocycles. The molecule has 25 heavy (non-hydrogen) atoms. The predicted molar refractivity (Wildman–Crippen MR) is 96.9 cm³/mol. The van der Waals surface area contributed by atoms with Gasteiger partial charge in [-0.3, -0.25) is 0 Å². The highest BCUT2D eigenvalue weighted by Crippen LogP contribution is 2.21. The van der Waals surface area contributed by atoms with Crippen LogP contribution in [0.15, 0.2) is 36.4 Å². The maximum Gasteiger partial charge on any atom is 0.213 e. The minimum absolute atomic E-state index is 0.226. The van der Waals surface area contributed by atoms with Crippen LogP contribution >= 0.6 is 11.8 Å². The third-order valence-electron chi connectivity index (χ3n) is 4.04. The second-order valence-corrected chi connectivity index (χ2v) is 6.93. The van der Waals surface area contributed by atoms with Gasteiger partial charge in [0, 0.05) is 17.6 Å². The molecule has 1 aliphatic rings. The van der Waals surface area contributed by atoms with Gasteiger partial charge in [-0.05, 0) is 49.7 Å². The van der Waals surface area contributed by atoms with Gasteiger partial charge in [-0.25, -0.2) is 9.37 Å². The maximum atomic E-state index is 13.9. The number of ether oxygens (including phenoxy) is 1. The molecule has 1 N–H and O–H groups in total. The minimum Gasteiger partial charge on any atom is -0.474 e. The molecule has 2 heterocycles. The van der Waals surface area contributed by atoms with E-state index >= 15 is 0 Å². The van der Waals surface area contributed by atoms with Crippen LogP contribution in [0.2, 0.25) is 0 Å². The Morgan fingerprint density at radius 2 is 2.08 bits per heavy atom. The molecular formula is C19H20FN3OS. The van der Waals surface area contributed by atoms with E-state index in [1.165, 1.54) is 6.07 Å². The first-order valence-corrected chi connectivity index (χ1v) is 9.49. The number of hydrogen-bond donors (Lipinski definition) is 1. The van der Waals surface area contributed by atoms with E-state index in [-0.39, 0.29) is 11.9 Å². The monoisotopic (exact) mass is 357 g/mol. The molecule has 1 aromatic carbocycles. The standard InChI is InChI=1S/C19H20FN3OS/c20-18-10-14(11-21)4-5-15(18)12-25-13-16-2-1-3-19(23-16)24-17-6-8-22-9-7-17/h1-5,10,17,22H,6-9,12-13H2. The Balaban J connectivity index is 1.53. The SMILES string of the molecule is N#Cc1ccc(CSCc2cccc(OC3CCNCC3)n2)c(F)c1. The summed E-state index contributed by atoms with van der Waals surface area (Å²) in [4.78, 5) is 4.55. The number of thioether (sulfide) groups is 1. The highest BCUT2D eigenvalue weighted by atomic mass is 32.2. The zero-order valence-electron chi connectivity index (χ0n) is 13.9. The highest BCUT2D eigenvalue weighted by Gasteiger charge is 2.15. The van der Waals surface area contributed by atoms with E-state index in [2.05, 4.69) is 10.3 Å². The molecule has 1 aromatic heterocycles. The van der Waals surface area contributed by atoms with Crippen molar-refractivity contribution < 1.29 is 9.13 Å². The molecule has 3 rings (SSSR count). The van der Waals surface area contributed by atoms with Gasteiger partial charge in [-0.15, -0.1) is 0 Å². The molecule has 0 unspecified atom stereocenters. The minimum atomic E-state index is -0.331. The van der Waals surface area contributed by atoms with Crippen LogP contribution in [0.4, 0.5) is 4.39 Å². The number of pyridine rings is 1. The number of piperidine rings is 1. The molecule has 0 aliphatic carbocycles. The van der Waals surface area contributed by atoms with Crippen LogP contribution in [-0.4, -0.2) is 24.2 Å². The molecule has 130 valence electrons. The topological polar surface area (TPSA) is 57.9 Å². The van der Waals surface area contributed by atoms with Crippen LogP contribution in [0, 0.1) is 17.1 Å². The molecule has 1 aliphatic heterocycles. The Labute approximate surface area is 151 Å². The predicted octanol–water partition coefficient (Wildman–Crippen LogP) is 3.66. The fourth-order valence-electron chi connectivity index (χ4n) is 2.69. The van der Waals surface area contributed by atoms with Crippen LogP contribution in [-0.2, 0) is 11.5 Å². The number of benzene rings is 1. The van der Waals surface area contributed by atoms with Gasteiger partial charge >= 0.3 is 0 Å². The molecule has 6 heteroatoms. The van der Waals surface area contributed by atoms with E-state index in [0.717, 1.165) is 31.6 Å². The summed E-state index contributed by atoms with van der Waals surface area (Å²) in [7, 11) is 0. The summed E-state index contributed by atoms with van der Waals surface area (Å²) < 4.78 is 19.8. The van der Waals surface area contributed by atoms with Crippen molar-refractivity contribution in [3.8, 4) is 11.9 Å². The average Bonchev–Trinajstić information content (AvgIpc) is 2.64. The van der Waals surface area contributed by atoms with Crippen molar-refractivity contribution in [2.75, 3.05) is 13.1 Å². The zero-order chi connectivity index (χ0) is 17.5. The molecule has 2 aromatic rings. The molecular weight excluding hydrogens is 337 g/mol.